The van der Waals surface area contributed by atoms with Crippen molar-refractivity contribution in [3.63, 3.8) is 0 Å². The number of rotatable bonds is 6. The van der Waals surface area contributed by atoms with Crippen LogP contribution in [0.4, 0.5) is 24.8 Å². The molecule has 0 bridgehead atoms. The molecule has 0 aliphatic rings. The van der Waals surface area contributed by atoms with Gasteiger partial charge in [-0.15, -0.1) is 0 Å². The van der Waals surface area contributed by atoms with E-state index < -0.39 is 34.8 Å². The summed E-state index contributed by atoms with van der Waals surface area (Å²) in [4.78, 5) is 17.2. The van der Waals surface area contributed by atoms with E-state index in [2.05, 4.69) is 15.3 Å². The number of imidazole rings is 2. The highest BCUT2D eigenvalue weighted by molar-refractivity contribution is 5.51. The monoisotopic (exact) mass is 348 g/mol. The maximum Gasteiger partial charge on any atom is 0.424 e. The maximum absolute atomic E-state index is 13.3. The Balaban J connectivity index is 2.21. The largest absolute Gasteiger partial charge is 0.424 e. The van der Waals surface area contributed by atoms with Crippen molar-refractivity contribution in [1.29, 1.82) is 0 Å². The van der Waals surface area contributed by atoms with Crippen molar-refractivity contribution in [3.8, 4) is 0 Å². The Bertz CT molecular complexity index is 741. The molecule has 0 fully saturated rings. The van der Waals surface area contributed by atoms with Crippen LogP contribution in [0, 0.1) is 10.1 Å². The number of nitro groups is 1. The average Bonchev–Trinajstić information content (AvgIpc) is 3.04. The van der Waals surface area contributed by atoms with Gasteiger partial charge < -0.3 is 25.1 Å². The predicted octanol–water partition coefficient (Wildman–Crippen LogP) is 1.31. The number of hydrogen-bond acceptors (Lipinski definition) is 6. The molecule has 0 saturated carbocycles. The molecule has 2 N–H and O–H groups in total. The van der Waals surface area contributed by atoms with Crippen LogP contribution in [0.25, 0.3) is 0 Å². The van der Waals surface area contributed by atoms with Gasteiger partial charge in [-0.05, 0) is 9.91 Å². The van der Waals surface area contributed by atoms with Gasteiger partial charge in [0.2, 0.25) is 17.7 Å². The minimum atomic E-state index is -4.97. The fourth-order valence-corrected chi connectivity index (χ4v) is 2.26. The van der Waals surface area contributed by atoms with Gasteiger partial charge in [0.1, 0.15) is 5.82 Å². The Morgan fingerprint density at radius 2 is 2.00 bits per heavy atom. The highest BCUT2D eigenvalue weighted by atomic mass is 19.4. The van der Waals surface area contributed by atoms with E-state index in [0.717, 1.165) is 17.1 Å². The molecule has 9 nitrogen and oxygen atoms in total. The summed E-state index contributed by atoms with van der Waals surface area (Å²) >= 11 is 0. The first-order valence-corrected chi connectivity index (χ1v) is 6.74. The zero-order chi connectivity index (χ0) is 18.1. The highest BCUT2D eigenvalue weighted by Gasteiger charge is 2.57. The van der Waals surface area contributed by atoms with E-state index >= 15 is 0 Å². The van der Waals surface area contributed by atoms with Gasteiger partial charge >= 0.3 is 12.0 Å². The quantitative estimate of drug-likeness (QED) is 0.601. The second-order valence-corrected chi connectivity index (χ2v) is 5.18. The molecule has 24 heavy (non-hydrogen) atoms. The molecule has 2 aromatic heterocycles. The molecular formula is C12H15F3N6O3. The molecule has 0 spiro atoms. The molecule has 2 heterocycles. The SMILES string of the molecule is Cn1ccnc1C(O)(CCNc1c([N+](=O)[O-])ncn1C)C(F)(F)F. The minimum Gasteiger partial charge on any atom is -0.374 e. The van der Waals surface area contributed by atoms with Crippen molar-refractivity contribution < 1.29 is 23.2 Å². The maximum atomic E-state index is 13.3. The number of alkyl halides is 3. The van der Waals surface area contributed by atoms with Gasteiger partial charge in [0.25, 0.3) is 0 Å². The van der Waals surface area contributed by atoms with Crippen LogP contribution >= 0.6 is 0 Å². The molecule has 2 rings (SSSR count). The van der Waals surface area contributed by atoms with Crippen molar-refractivity contribution in [2.45, 2.75) is 18.2 Å². The van der Waals surface area contributed by atoms with E-state index in [4.69, 9.17) is 0 Å². The van der Waals surface area contributed by atoms with Gasteiger partial charge in [0.05, 0.1) is 0 Å². The lowest BCUT2D eigenvalue weighted by Crippen LogP contribution is -2.45. The van der Waals surface area contributed by atoms with Gasteiger partial charge in [0.15, 0.2) is 0 Å². The third kappa shape index (κ3) is 3.04. The van der Waals surface area contributed by atoms with E-state index in [1.54, 1.807) is 0 Å². The van der Waals surface area contributed by atoms with Gasteiger partial charge in [-0.1, -0.05) is 0 Å². The first-order chi connectivity index (χ1) is 11.1. The lowest BCUT2D eigenvalue weighted by molar-refractivity contribution is -0.388. The number of aliphatic hydroxyl groups is 1. The molecule has 0 aliphatic carbocycles. The Labute approximate surface area is 133 Å². The van der Waals surface area contributed by atoms with Gasteiger partial charge in [-0.25, -0.2) is 4.98 Å². The number of nitrogens with one attached hydrogen (secondary N) is 1. The van der Waals surface area contributed by atoms with Gasteiger partial charge in [0, 0.05) is 39.5 Å². The Hall–Kier alpha value is -2.63. The molecular weight excluding hydrogens is 333 g/mol. The summed E-state index contributed by atoms with van der Waals surface area (Å²) in [5.74, 6) is -1.12. The predicted molar refractivity (Wildman–Crippen MR) is 76.1 cm³/mol. The second kappa shape index (κ2) is 6.11. The van der Waals surface area contributed by atoms with E-state index in [1.165, 1.54) is 24.9 Å². The van der Waals surface area contributed by atoms with Crippen molar-refractivity contribution >= 4 is 11.6 Å². The number of aromatic nitrogens is 4. The molecule has 132 valence electrons. The fourth-order valence-electron chi connectivity index (χ4n) is 2.26. The first kappa shape index (κ1) is 17.7. The van der Waals surface area contributed by atoms with Crippen LogP contribution in [-0.2, 0) is 19.7 Å². The lowest BCUT2D eigenvalue weighted by atomic mass is 9.97. The van der Waals surface area contributed by atoms with Crippen LogP contribution in [0.2, 0.25) is 0 Å². The number of aryl methyl sites for hydroxylation is 2. The molecule has 0 amide bonds. The summed E-state index contributed by atoms with van der Waals surface area (Å²) in [6.45, 7) is -0.386. The van der Waals surface area contributed by atoms with Gasteiger partial charge in [-0.2, -0.15) is 13.2 Å². The Morgan fingerprint density at radius 3 is 2.50 bits per heavy atom. The normalized spacial score (nSPS) is 14.4. The van der Waals surface area contributed by atoms with Crippen molar-refractivity contribution in [2.24, 2.45) is 14.1 Å². The van der Waals surface area contributed by atoms with Crippen LogP contribution in [0.5, 0.6) is 0 Å². The van der Waals surface area contributed by atoms with Gasteiger partial charge in [-0.3, -0.25) is 4.57 Å². The number of nitrogens with zero attached hydrogens (tertiary/aromatic N) is 5. The second-order valence-electron chi connectivity index (χ2n) is 5.18. The topological polar surface area (TPSA) is 111 Å². The zero-order valence-electron chi connectivity index (χ0n) is 12.8. The third-order valence-electron chi connectivity index (χ3n) is 3.53. The summed E-state index contributed by atoms with van der Waals surface area (Å²) in [6, 6.07) is 0. The summed E-state index contributed by atoms with van der Waals surface area (Å²) in [7, 11) is 2.79. The van der Waals surface area contributed by atoms with E-state index in [9.17, 15) is 28.4 Å². The molecule has 1 unspecified atom stereocenters. The lowest BCUT2D eigenvalue weighted by Gasteiger charge is -2.30. The number of hydrogen-bond donors (Lipinski definition) is 2. The summed E-state index contributed by atoms with van der Waals surface area (Å²) < 4.78 is 42.4. The molecule has 12 heteroatoms. The van der Waals surface area contributed by atoms with E-state index in [0.29, 0.717) is 0 Å². The molecule has 0 aliphatic heterocycles. The van der Waals surface area contributed by atoms with Crippen LogP contribution in [0.15, 0.2) is 18.7 Å². The molecule has 0 radical (unpaired) electrons. The van der Waals surface area contributed by atoms with Crippen molar-refractivity contribution in [3.05, 3.63) is 34.7 Å². The third-order valence-corrected chi connectivity index (χ3v) is 3.53. The summed E-state index contributed by atoms with van der Waals surface area (Å²) in [5.41, 5.74) is -3.19. The van der Waals surface area contributed by atoms with Crippen LogP contribution < -0.4 is 5.32 Å². The minimum absolute atomic E-state index is 0.0515. The highest BCUT2D eigenvalue weighted by Crippen LogP contribution is 2.40. The standard InChI is InChI=1S/C12H15F3N6O3/c1-19-6-5-17-10(19)11(22,12(13,14)15)3-4-16-8-9(21(23)24)18-7-20(8)2/h5-7,16,22H,3-4H2,1-2H3. The fraction of sp³-hybridized carbons (Fsp3) is 0.500. The van der Waals surface area contributed by atoms with Crippen molar-refractivity contribution in [1.82, 2.24) is 19.1 Å². The zero-order valence-corrected chi connectivity index (χ0v) is 12.8. The molecule has 1 atom stereocenters. The molecule has 0 saturated heterocycles. The average molecular weight is 348 g/mol. The summed E-state index contributed by atoms with van der Waals surface area (Å²) in [6.07, 6.45) is -2.16. The Morgan fingerprint density at radius 1 is 1.33 bits per heavy atom. The molecule has 2 aromatic rings. The Kier molecular flexibility index (Phi) is 4.51. The van der Waals surface area contributed by atoms with Crippen LogP contribution in [-0.4, -0.2) is 41.9 Å². The van der Waals surface area contributed by atoms with E-state index in [-0.39, 0.29) is 12.4 Å². The first-order valence-electron chi connectivity index (χ1n) is 6.74. The number of halogens is 3. The molecule has 0 aromatic carbocycles. The van der Waals surface area contributed by atoms with Crippen LogP contribution in [0.3, 0.4) is 0 Å². The van der Waals surface area contributed by atoms with E-state index in [1.807, 2.05) is 0 Å². The van der Waals surface area contributed by atoms with Crippen LogP contribution in [0.1, 0.15) is 12.2 Å². The summed E-state index contributed by atoms with van der Waals surface area (Å²) in [5, 5.41) is 23.5. The smallest absolute Gasteiger partial charge is 0.374 e. The van der Waals surface area contributed by atoms with Crippen molar-refractivity contribution in [2.75, 3.05) is 11.9 Å². The number of anilines is 1.